The molecule has 0 aliphatic rings. The largest absolute Gasteiger partial charge is 0.322 e. The van der Waals surface area contributed by atoms with Gasteiger partial charge in [0, 0.05) is 32.7 Å². The summed E-state index contributed by atoms with van der Waals surface area (Å²) in [6, 6.07) is 23.7. The van der Waals surface area contributed by atoms with Crippen molar-refractivity contribution in [3.8, 4) is 0 Å². The summed E-state index contributed by atoms with van der Waals surface area (Å²) in [5, 5.41) is 8.14. The first-order chi connectivity index (χ1) is 15.6. The van der Waals surface area contributed by atoms with Crippen LogP contribution in [0.3, 0.4) is 0 Å². The van der Waals surface area contributed by atoms with Gasteiger partial charge in [-0.3, -0.25) is 9.59 Å². The molecule has 0 spiro atoms. The van der Waals surface area contributed by atoms with Crippen molar-refractivity contribution >= 4 is 57.3 Å². The van der Waals surface area contributed by atoms with E-state index in [0.717, 1.165) is 10.5 Å². The third-order valence-electron chi connectivity index (χ3n) is 4.44. The molecule has 1 atom stereocenters. The maximum absolute atomic E-state index is 13.0. The number of hydrogen-bond donors (Lipinski definition) is 2. The highest BCUT2D eigenvalue weighted by molar-refractivity contribution is 8.00. The third kappa shape index (κ3) is 5.76. The second-order valence-corrected chi connectivity index (χ2v) is 9.24. The Morgan fingerprint density at radius 2 is 1.75 bits per heavy atom. The van der Waals surface area contributed by atoms with Gasteiger partial charge in [0.15, 0.2) is 5.13 Å². The average Bonchev–Trinajstić information content (AvgIpc) is 3.31. The van der Waals surface area contributed by atoms with Crippen LogP contribution >= 0.6 is 34.7 Å². The zero-order chi connectivity index (χ0) is 22.3. The Hall–Kier alpha value is -3.13. The predicted octanol–water partition coefficient (Wildman–Crippen LogP) is 6.52. The number of anilines is 2. The van der Waals surface area contributed by atoms with Crippen molar-refractivity contribution in [1.82, 2.24) is 4.98 Å². The van der Waals surface area contributed by atoms with E-state index in [9.17, 15) is 9.59 Å². The molecule has 32 heavy (non-hydrogen) atoms. The molecule has 0 saturated carbocycles. The van der Waals surface area contributed by atoms with Gasteiger partial charge >= 0.3 is 0 Å². The minimum atomic E-state index is -0.487. The van der Waals surface area contributed by atoms with Gasteiger partial charge in [0.1, 0.15) is 5.25 Å². The fraction of sp³-hybridized carbons (Fsp3) is 0.0417. The molecule has 1 heterocycles. The number of halogens is 1. The average molecular weight is 480 g/mol. The van der Waals surface area contributed by atoms with Gasteiger partial charge < -0.3 is 10.6 Å². The summed E-state index contributed by atoms with van der Waals surface area (Å²) in [4.78, 5) is 30.6. The van der Waals surface area contributed by atoms with E-state index in [4.69, 9.17) is 11.6 Å². The third-order valence-corrected chi connectivity index (χ3v) is 6.61. The summed E-state index contributed by atoms with van der Waals surface area (Å²) in [6.45, 7) is 0. The normalized spacial score (nSPS) is 11.5. The van der Waals surface area contributed by atoms with E-state index in [2.05, 4.69) is 15.6 Å². The van der Waals surface area contributed by atoms with Crippen LogP contribution in [0, 0.1) is 0 Å². The molecule has 0 bridgehead atoms. The Morgan fingerprint density at radius 1 is 0.938 bits per heavy atom. The number of carbonyl (C=O) groups is 2. The number of aromatic nitrogens is 1. The summed E-state index contributed by atoms with van der Waals surface area (Å²) in [7, 11) is 0. The molecule has 5 nitrogen and oxygen atoms in total. The fourth-order valence-corrected chi connectivity index (χ4v) is 4.78. The Bertz CT molecular complexity index is 1220. The smallest absolute Gasteiger partial charge is 0.255 e. The molecule has 8 heteroatoms. The lowest BCUT2D eigenvalue weighted by Gasteiger charge is -2.17. The van der Waals surface area contributed by atoms with Crippen molar-refractivity contribution in [3.63, 3.8) is 0 Å². The van der Waals surface area contributed by atoms with Gasteiger partial charge in [-0.05, 0) is 42.0 Å². The SMILES string of the molecule is O=C(Nc1cccc(SC(C(=O)Nc2nccs2)c2ccccc2)c1)c1cccc(Cl)c1. The summed E-state index contributed by atoms with van der Waals surface area (Å²) in [6.07, 6.45) is 1.65. The van der Waals surface area contributed by atoms with Crippen molar-refractivity contribution in [1.29, 1.82) is 0 Å². The highest BCUT2D eigenvalue weighted by Gasteiger charge is 2.23. The predicted molar refractivity (Wildman–Crippen MR) is 132 cm³/mol. The van der Waals surface area contributed by atoms with E-state index in [1.165, 1.54) is 23.1 Å². The van der Waals surface area contributed by atoms with Crippen molar-refractivity contribution in [2.24, 2.45) is 0 Å². The lowest BCUT2D eigenvalue weighted by molar-refractivity contribution is -0.115. The quantitative estimate of drug-likeness (QED) is 0.296. The van der Waals surface area contributed by atoms with Crippen LogP contribution in [-0.4, -0.2) is 16.8 Å². The van der Waals surface area contributed by atoms with Crippen LogP contribution in [-0.2, 0) is 4.79 Å². The minimum Gasteiger partial charge on any atom is -0.322 e. The molecule has 0 fully saturated rings. The van der Waals surface area contributed by atoms with E-state index < -0.39 is 5.25 Å². The number of carbonyl (C=O) groups excluding carboxylic acids is 2. The van der Waals surface area contributed by atoms with Crippen molar-refractivity contribution in [3.05, 3.63) is 107 Å². The van der Waals surface area contributed by atoms with Gasteiger partial charge in [-0.1, -0.05) is 54.1 Å². The molecule has 0 aliphatic heterocycles. The Morgan fingerprint density at radius 3 is 2.50 bits per heavy atom. The number of benzene rings is 3. The molecule has 3 aromatic carbocycles. The maximum Gasteiger partial charge on any atom is 0.255 e. The van der Waals surface area contributed by atoms with Crippen molar-refractivity contribution < 1.29 is 9.59 Å². The lowest BCUT2D eigenvalue weighted by Crippen LogP contribution is -2.19. The molecule has 1 aromatic heterocycles. The van der Waals surface area contributed by atoms with Gasteiger partial charge in [0.05, 0.1) is 0 Å². The van der Waals surface area contributed by atoms with Crippen LogP contribution in [0.1, 0.15) is 21.2 Å². The highest BCUT2D eigenvalue weighted by atomic mass is 35.5. The summed E-state index contributed by atoms with van der Waals surface area (Å²) < 4.78 is 0. The maximum atomic E-state index is 13.0. The monoisotopic (exact) mass is 479 g/mol. The Kier molecular flexibility index (Phi) is 7.21. The summed E-state index contributed by atoms with van der Waals surface area (Å²) in [5.41, 5.74) is 1.98. The number of rotatable bonds is 7. The minimum absolute atomic E-state index is 0.162. The van der Waals surface area contributed by atoms with Crippen molar-refractivity contribution in [2.45, 2.75) is 10.1 Å². The van der Waals surface area contributed by atoms with Gasteiger partial charge in [0.2, 0.25) is 5.91 Å². The Balaban J connectivity index is 1.53. The fourth-order valence-electron chi connectivity index (χ4n) is 2.97. The molecule has 2 amide bonds. The van der Waals surface area contributed by atoms with E-state index in [1.54, 1.807) is 36.5 Å². The number of thiazole rings is 1. The number of thioether (sulfide) groups is 1. The molecule has 4 rings (SSSR count). The lowest BCUT2D eigenvalue weighted by atomic mass is 10.1. The molecule has 160 valence electrons. The topological polar surface area (TPSA) is 71.1 Å². The summed E-state index contributed by atoms with van der Waals surface area (Å²) >= 11 is 8.76. The molecule has 1 unspecified atom stereocenters. The van der Waals surface area contributed by atoms with Crippen LogP contribution in [0.25, 0.3) is 0 Å². The standard InChI is InChI=1S/C24H18ClN3O2S2/c25-18-9-4-8-17(14-18)22(29)27-19-10-5-11-20(15-19)32-21(16-6-2-1-3-7-16)23(30)28-24-26-12-13-31-24/h1-15,21H,(H,27,29)(H,26,28,30). The second-order valence-electron chi connectivity index (χ2n) is 6.73. The van der Waals surface area contributed by atoms with Crippen molar-refractivity contribution in [2.75, 3.05) is 10.6 Å². The van der Waals surface area contributed by atoms with E-state index >= 15 is 0 Å². The first-order valence-corrected chi connectivity index (χ1v) is 11.8. The first kappa shape index (κ1) is 22.1. The molecule has 0 saturated heterocycles. The highest BCUT2D eigenvalue weighted by Crippen LogP contribution is 2.37. The second kappa shape index (κ2) is 10.5. The van der Waals surface area contributed by atoms with Crippen LogP contribution in [0.15, 0.2) is 95.3 Å². The van der Waals surface area contributed by atoms with Gasteiger partial charge in [-0.25, -0.2) is 4.98 Å². The van der Waals surface area contributed by atoms with Crippen LogP contribution < -0.4 is 10.6 Å². The first-order valence-electron chi connectivity index (χ1n) is 9.67. The molecule has 4 aromatic rings. The number of nitrogens with zero attached hydrogens (tertiary/aromatic N) is 1. The van der Waals surface area contributed by atoms with E-state index in [0.29, 0.717) is 21.4 Å². The molecule has 0 radical (unpaired) electrons. The number of amides is 2. The molecular weight excluding hydrogens is 462 g/mol. The number of hydrogen-bond acceptors (Lipinski definition) is 5. The van der Waals surface area contributed by atoms with Gasteiger partial charge in [-0.15, -0.1) is 23.1 Å². The summed E-state index contributed by atoms with van der Waals surface area (Å²) in [5.74, 6) is -0.416. The van der Waals surface area contributed by atoms with E-state index in [1.807, 2.05) is 53.9 Å². The van der Waals surface area contributed by atoms with Crippen LogP contribution in [0.2, 0.25) is 5.02 Å². The van der Waals surface area contributed by atoms with Gasteiger partial charge in [-0.2, -0.15) is 0 Å². The van der Waals surface area contributed by atoms with Crippen LogP contribution in [0.4, 0.5) is 10.8 Å². The Labute approximate surface area is 198 Å². The zero-order valence-electron chi connectivity index (χ0n) is 16.7. The molecular formula is C24H18ClN3O2S2. The van der Waals surface area contributed by atoms with Crippen LogP contribution in [0.5, 0.6) is 0 Å². The number of nitrogens with one attached hydrogen (secondary N) is 2. The van der Waals surface area contributed by atoms with E-state index in [-0.39, 0.29) is 11.8 Å². The van der Waals surface area contributed by atoms with Gasteiger partial charge in [0.25, 0.3) is 5.91 Å². The molecule has 0 aliphatic carbocycles. The molecule has 2 N–H and O–H groups in total. The zero-order valence-corrected chi connectivity index (χ0v) is 19.1.